The standard InChI is InChI=1S/C16H21FN2O2/c1-9-8-10(4-5-12(9)17)19-14(20)16(18)11-6-7-21-13(11)15(16,2)3/h4-5,8,11,13H,6-7,18H2,1-3H3,(H,19,20). The zero-order chi connectivity index (χ0) is 15.4. The van der Waals surface area contributed by atoms with Gasteiger partial charge in [0.05, 0.1) is 6.10 Å². The largest absolute Gasteiger partial charge is 0.377 e. The molecule has 5 heteroatoms. The van der Waals surface area contributed by atoms with E-state index in [0.29, 0.717) is 17.9 Å². The van der Waals surface area contributed by atoms with Crippen molar-refractivity contribution in [3.8, 4) is 0 Å². The number of benzene rings is 1. The topological polar surface area (TPSA) is 64.4 Å². The van der Waals surface area contributed by atoms with Crippen molar-refractivity contribution in [2.24, 2.45) is 17.1 Å². The summed E-state index contributed by atoms with van der Waals surface area (Å²) in [5, 5.41) is 2.83. The third-order valence-corrected chi connectivity index (χ3v) is 5.25. The number of aryl methyl sites for hydroxylation is 1. The second-order valence-electron chi connectivity index (χ2n) is 6.70. The van der Waals surface area contributed by atoms with Crippen molar-refractivity contribution in [2.45, 2.75) is 38.8 Å². The molecule has 3 N–H and O–H groups in total. The molecule has 1 aliphatic heterocycles. The zero-order valence-corrected chi connectivity index (χ0v) is 12.6. The molecule has 1 aliphatic carbocycles. The number of amides is 1. The number of halogens is 1. The van der Waals surface area contributed by atoms with Gasteiger partial charge in [0.15, 0.2) is 0 Å². The van der Waals surface area contributed by atoms with E-state index in [2.05, 4.69) is 5.32 Å². The highest BCUT2D eigenvalue weighted by Gasteiger charge is 2.71. The van der Waals surface area contributed by atoms with E-state index in [4.69, 9.17) is 10.5 Å². The van der Waals surface area contributed by atoms with Crippen LogP contribution in [0.2, 0.25) is 0 Å². The van der Waals surface area contributed by atoms with E-state index in [1.165, 1.54) is 6.07 Å². The van der Waals surface area contributed by atoms with Crippen LogP contribution in [-0.2, 0) is 9.53 Å². The maximum Gasteiger partial charge on any atom is 0.245 e. The summed E-state index contributed by atoms with van der Waals surface area (Å²) in [6.07, 6.45) is 0.851. The van der Waals surface area contributed by atoms with Crippen LogP contribution in [0.1, 0.15) is 25.8 Å². The molecular weight excluding hydrogens is 271 g/mol. The van der Waals surface area contributed by atoms with E-state index in [1.807, 2.05) is 13.8 Å². The fourth-order valence-corrected chi connectivity index (χ4v) is 3.80. The number of hydrogen-bond donors (Lipinski definition) is 2. The van der Waals surface area contributed by atoms with Crippen LogP contribution in [0.4, 0.5) is 10.1 Å². The van der Waals surface area contributed by atoms with Crippen molar-refractivity contribution in [3.05, 3.63) is 29.6 Å². The fourth-order valence-electron chi connectivity index (χ4n) is 3.80. The van der Waals surface area contributed by atoms with E-state index >= 15 is 0 Å². The van der Waals surface area contributed by atoms with Gasteiger partial charge in [-0.25, -0.2) is 4.39 Å². The van der Waals surface area contributed by atoms with Crippen LogP contribution >= 0.6 is 0 Å². The average molecular weight is 292 g/mol. The maximum atomic E-state index is 13.3. The van der Waals surface area contributed by atoms with E-state index in [-0.39, 0.29) is 23.7 Å². The normalized spacial score (nSPS) is 33.2. The molecule has 3 atom stereocenters. The number of hydrogen-bond acceptors (Lipinski definition) is 3. The Labute approximate surface area is 123 Å². The molecule has 2 aliphatic rings. The first kappa shape index (κ1) is 14.5. The van der Waals surface area contributed by atoms with Crippen molar-refractivity contribution < 1.29 is 13.9 Å². The zero-order valence-electron chi connectivity index (χ0n) is 12.6. The minimum atomic E-state index is -0.948. The lowest BCUT2D eigenvalue weighted by molar-refractivity contribution is -0.170. The van der Waals surface area contributed by atoms with Crippen molar-refractivity contribution in [3.63, 3.8) is 0 Å². The summed E-state index contributed by atoms with van der Waals surface area (Å²) in [6, 6.07) is 4.52. The Morgan fingerprint density at radius 2 is 2.19 bits per heavy atom. The highest BCUT2D eigenvalue weighted by Crippen LogP contribution is 2.58. The molecule has 0 aromatic heterocycles. The van der Waals surface area contributed by atoms with Crippen LogP contribution < -0.4 is 11.1 Å². The molecule has 1 aromatic rings. The summed E-state index contributed by atoms with van der Waals surface area (Å²) in [5.74, 6) is -0.456. The molecule has 1 amide bonds. The lowest BCUT2D eigenvalue weighted by Gasteiger charge is -2.60. The quantitative estimate of drug-likeness (QED) is 0.878. The number of carbonyl (C=O) groups is 1. The molecule has 3 unspecified atom stereocenters. The molecule has 1 saturated heterocycles. The van der Waals surface area contributed by atoms with Crippen LogP contribution in [0.3, 0.4) is 0 Å². The Morgan fingerprint density at radius 3 is 2.86 bits per heavy atom. The van der Waals surface area contributed by atoms with Gasteiger partial charge < -0.3 is 15.8 Å². The Bertz CT molecular complexity index is 602. The predicted octanol–water partition coefficient (Wildman–Crippen LogP) is 2.22. The summed E-state index contributed by atoms with van der Waals surface area (Å²) >= 11 is 0. The van der Waals surface area contributed by atoms with Gasteiger partial charge in [0, 0.05) is 23.6 Å². The van der Waals surface area contributed by atoms with Gasteiger partial charge in [-0.15, -0.1) is 0 Å². The Morgan fingerprint density at radius 1 is 1.48 bits per heavy atom. The number of carbonyl (C=O) groups excluding carboxylic acids is 1. The summed E-state index contributed by atoms with van der Waals surface area (Å²) in [5.41, 5.74) is 6.17. The fraction of sp³-hybridized carbons (Fsp3) is 0.562. The molecular formula is C16H21FN2O2. The molecule has 0 radical (unpaired) electrons. The molecule has 0 bridgehead atoms. The minimum absolute atomic E-state index is 0.0446. The third kappa shape index (κ3) is 1.84. The summed E-state index contributed by atoms with van der Waals surface area (Å²) in [7, 11) is 0. The van der Waals surface area contributed by atoms with Crippen molar-refractivity contribution in [2.75, 3.05) is 11.9 Å². The SMILES string of the molecule is Cc1cc(NC(=O)C2(N)C3CCOC3C2(C)C)ccc1F. The van der Waals surface area contributed by atoms with E-state index in [0.717, 1.165) is 6.42 Å². The third-order valence-electron chi connectivity index (χ3n) is 5.25. The van der Waals surface area contributed by atoms with Gasteiger partial charge in [0.25, 0.3) is 0 Å². The van der Waals surface area contributed by atoms with Gasteiger partial charge in [-0.3, -0.25) is 4.79 Å². The second-order valence-corrected chi connectivity index (χ2v) is 6.70. The monoisotopic (exact) mass is 292 g/mol. The number of ether oxygens (including phenoxy) is 1. The van der Waals surface area contributed by atoms with E-state index in [1.54, 1.807) is 19.1 Å². The second kappa shape index (κ2) is 4.52. The van der Waals surface area contributed by atoms with Gasteiger partial charge in [-0.05, 0) is 37.1 Å². The molecule has 114 valence electrons. The summed E-state index contributed by atoms with van der Waals surface area (Å²) < 4.78 is 19.0. The highest BCUT2D eigenvalue weighted by atomic mass is 19.1. The number of anilines is 1. The van der Waals surface area contributed by atoms with Crippen LogP contribution in [0.15, 0.2) is 18.2 Å². The van der Waals surface area contributed by atoms with Gasteiger partial charge in [-0.1, -0.05) is 13.8 Å². The molecule has 0 spiro atoms. The smallest absolute Gasteiger partial charge is 0.245 e. The molecule has 1 heterocycles. The Hall–Kier alpha value is -1.46. The van der Waals surface area contributed by atoms with Gasteiger partial charge in [0.1, 0.15) is 11.4 Å². The first-order valence-corrected chi connectivity index (χ1v) is 7.26. The maximum absolute atomic E-state index is 13.3. The molecule has 4 nitrogen and oxygen atoms in total. The van der Waals surface area contributed by atoms with Crippen molar-refractivity contribution >= 4 is 11.6 Å². The minimum Gasteiger partial charge on any atom is -0.377 e. The van der Waals surface area contributed by atoms with Crippen LogP contribution in [0, 0.1) is 24.1 Å². The summed E-state index contributed by atoms with van der Waals surface area (Å²) in [6.45, 7) is 6.25. The Balaban J connectivity index is 1.83. The Kier molecular flexibility index (Phi) is 3.11. The first-order valence-electron chi connectivity index (χ1n) is 7.26. The van der Waals surface area contributed by atoms with Gasteiger partial charge in [-0.2, -0.15) is 0 Å². The van der Waals surface area contributed by atoms with Gasteiger partial charge >= 0.3 is 0 Å². The number of rotatable bonds is 2. The lowest BCUT2D eigenvalue weighted by atomic mass is 9.48. The molecule has 1 aromatic carbocycles. The highest BCUT2D eigenvalue weighted by molar-refractivity contribution is 6.00. The van der Waals surface area contributed by atoms with Crippen LogP contribution in [0.25, 0.3) is 0 Å². The van der Waals surface area contributed by atoms with E-state index in [9.17, 15) is 9.18 Å². The van der Waals surface area contributed by atoms with E-state index < -0.39 is 11.0 Å². The van der Waals surface area contributed by atoms with Crippen molar-refractivity contribution in [1.29, 1.82) is 0 Å². The molecule has 21 heavy (non-hydrogen) atoms. The lowest BCUT2D eigenvalue weighted by Crippen LogP contribution is -2.79. The van der Waals surface area contributed by atoms with Crippen molar-refractivity contribution in [1.82, 2.24) is 0 Å². The summed E-state index contributed by atoms with van der Waals surface area (Å²) in [4.78, 5) is 12.7. The molecule has 1 saturated carbocycles. The molecule has 2 fully saturated rings. The van der Waals surface area contributed by atoms with Crippen LogP contribution in [0.5, 0.6) is 0 Å². The molecule has 3 rings (SSSR count). The average Bonchev–Trinajstić information content (AvgIpc) is 2.90. The first-order chi connectivity index (χ1) is 9.78. The van der Waals surface area contributed by atoms with Crippen LogP contribution in [-0.4, -0.2) is 24.2 Å². The predicted molar refractivity (Wildman–Crippen MR) is 78.3 cm³/mol. The number of nitrogens with two attached hydrogens (primary N) is 1. The van der Waals surface area contributed by atoms with Gasteiger partial charge in [0.2, 0.25) is 5.91 Å². The number of fused-ring (bicyclic) bond motifs is 1. The number of nitrogens with one attached hydrogen (secondary N) is 1.